The van der Waals surface area contributed by atoms with E-state index < -0.39 is 28.5 Å². The first kappa shape index (κ1) is 33.4. The van der Waals surface area contributed by atoms with E-state index in [0.717, 1.165) is 9.87 Å². The van der Waals surface area contributed by atoms with Gasteiger partial charge in [-0.1, -0.05) is 66.5 Å². The number of nitrogens with zero attached hydrogens (tertiary/aromatic N) is 2. The number of ether oxygens (including phenoxy) is 2. The number of anilines is 1. The van der Waals surface area contributed by atoms with Gasteiger partial charge in [0.1, 0.15) is 25.8 Å². The number of halogens is 2. The van der Waals surface area contributed by atoms with Crippen molar-refractivity contribution in [2.24, 2.45) is 0 Å². The largest absolute Gasteiger partial charge is 0.486 e. The van der Waals surface area contributed by atoms with Crippen molar-refractivity contribution in [2.45, 2.75) is 52.2 Å². The molecule has 1 heterocycles. The number of nitrogens with one attached hydrogen (secondary N) is 1. The number of hydrogen-bond acceptors (Lipinski definition) is 6. The molecule has 44 heavy (non-hydrogen) atoms. The molecule has 3 aromatic rings. The number of benzene rings is 3. The summed E-state index contributed by atoms with van der Waals surface area (Å²) >= 11 is 13.1. The molecule has 236 valence electrons. The van der Waals surface area contributed by atoms with Crippen LogP contribution in [-0.2, 0) is 32.6 Å². The minimum atomic E-state index is -3.95. The van der Waals surface area contributed by atoms with Gasteiger partial charge in [0.05, 0.1) is 11.4 Å². The summed E-state index contributed by atoms with van der Waals surface area (Å²) < 4.78 is 39.2. The van der Waals surface area contributed by atoms with E-state index in [1.54, 1.807) is 36.4 Å². The molecule has 0 radical (unpaired) electrons. The Hall–Kier alpha value is -3.47. The molecule has 2 atom stereocenters. The Morgan fingerprint density at radius 1 is 0.932 bits per heavy atom. The van der Waals surface area contributed by atoms with Gasteiger partial charge in [-0.05, 0) is 50.1 Å². The van der Waals surface area contributed by atoms with Crippen LogP contribution in [0.5, 0.6) is 11.5 Å². The Kier molecular flexibility index (Phi) is 11.4. The van der Waals surface area contributed by atoms with Crippen LogP contribution in [0.3, 0.4) is 0 Å². The van der Waals surface area contributed by atoms with E-state index >= 15 is 0 Å². The highest BCUT2D eigenvalue weighted by atomic mass is 35.5. The van der Waals surface area contributed by atoms with E-state index in [1.165, 1.54) is 11.8 Å². The zero-order chi connectivity index (χ0) is 31.9. The zero-order valence-corrected chi connectivity index (χ0v) is 27.3. The molecular formula is C32H37Cl2N3O6S. The van der Waals surface area contributed by atoms with Crippen LogP contribution in [0, 0.1) is 0 Å². The van der Waals surface area contributed by atoms with Crippen LogP contribution in [-0.4, -0.2) is 62.7 Å². The van der Waals surface area contributed by atoms with Crippen molar-refractivity contribution in [1.82, 2.24) is 10.2 Å². The minimum absolute atomic E-state index is 0.121. The topological polar surface area (TPSA) is 105 Å². The Labute approximate surface area is 269 Å². The lowest BCUT2D eigenvalue weighted by atomic mass is 10.0. The van der Waals surface area contributed by atoms with E-state index in [2.05, 4.69) is 5.32 Å². The standard InChI is InChI=1S/C32H37Cl2N3O6S/c1-4-22(3)35-32(39)28(18-23-10-7-6-8-11-23)36(20-25-26(33)12-9-13-27(25)34)31(38)21-37(44(40,41)5-2)24-14-15-29-30(19-24)43-17-16-42-29/h6-15,19,22,28H,4-5,16-18,20-21H2,1-3H3,(H,35,39)/t22-,28-/m1/s1. The molecule has 0 bridgehead atoms. The first-order chi connectivity index (χ1) is 21.0. The van der Waals surface area contributed by atoms with Crippen molar-refractivity contribution < 1.29 is 27.5 Å². The van der Waals surface area contributed by atoms with Crippen LogP contribution >= 0.6 is 23.2 Å². The lowest BCUT2D eigenvalue weighted by Crippen LogP contribution is -2.54. The summed E-state index contributed by atoms with van der Waals surface area (Å²) in [6.45, 7) is 5.33. The Morgan fingerprint density at radius 3 is 2.23 bits per heavy atom. The van der Waals surface area contributed by atoms with Gasteiger partial charge in [-0.15, -0.1) is 0 Å². The van der Waals surface area contributed by atoms with E-state index in [9.17, 15) is 18.0 Å². The summed E-state index contributed by atoms with van der Waals surface area (Å²) in [4.78, 5) is 29.6. The zero-order valence-electron chi connectivity index (χ0n) is 25.0. The van der Waals surface area contributed by atoms with Crippen LogP contribution in [0.2, 0.25) is 10.0 Å². The average Bonchev–Trinajstić information content (AvgIpc) is 3.02. The SMILES string of the molecule is CC[C@@H](C)NC(=O)[C@@H](Cc1ccccc1)N(Cc1c(Cl)cccc1Cl)C(=O)CN(c1ccc2c(c1)OCCO2)S(=O)(=O)CC. The minimum Gasteiger partial charge on any atom is -0.486 e. The van der Waals surface area contributed by atoms with Crippen LogP contribution in [0.1, 0.15) is 38.3 Å². The summed E-state index contributed by atoms with van der Waals surface area (Å²) in [5, 5.41) is 3.64. The van der Waals surface area contributed by atoms with Gasteiger partial charge >= 0.3 is 0 Å². The molecule has 12 heteroatoms. The highest BCUT2D eigenvalue weighted by molar-refractivity contribution is 7.92. The van der Waals surface area contributed by atoms with Crippen LogP contribution in [0.15, 0.2) is 66.7 Å². The molecule has 1 N–H and O–H groups in total. The molecule has 4 rings (SSSR count). The molecule has 0 saturated heterocycles. The van der Waals surface area contributed by atoms with Gasteiger partial charge in [0, 0.05) is 40.7 Å². The normalized spacial score (nSPS) is 13.9. The molecule has 0 spiro atoms. The quantitative estimate of drug-likeness (QED) is 0.260. The Bertz CT molecular complexity index is 1550. The number of carbonyl (C=O) groups is 2. The van der Waals surface area contributed by atoms with Crippen LogP contribution in [0.4, 0.5) is 5.69 Å². The maximum atomic E-state index is 14.4. The number of amides is 2. The van der Waals surface area contributed by atoms with Gasteiger partial charge in [0.15, 0.2) is 11.5 Å². The molecular weight excluding hydrogens is 625 g/mol. The summed E-state index contributed by atoms with van der Waals surface area (Å²) in [5.41, 5.74) is 1.51. The van der Waals surface area contributed by atoms with E-state index in [4.69, 9.17) is 32.7 Å². The molecule has 2 amide bonds. The molecule has 1 aliphatic rings. The predicted octanol–water partition coefficient (Wildman–Crippen LogP) is 5.48. The van der Waals surface area contributed by atoms with Crippen LogP contribution in [0.25, 0.3) is 0 Å². The highest BCUT2D eigenvalue weighted by Gasteiger charge is 2.35. The number of carbonyl (C=O) groups excluding carboxylic acids is 2. The van der Waals surface area contributed by atoms with Gasteiger partial charge in [0.25, 0.3) is 0 Å². The fourth-order valence-electron chi connectivity index (χ4n) is 4.76. The first-order valence-corrected chi connectivity index (χ1v) is 16.9. The van der Waals surface area contributed by atoms with Crippen molar-refractivity contribution >= 4 is 50.7 Å². The molecule has 3 aromatic carbocycles. The first-order valence-electron chi connectivity index (χ1n) is 14.5. The third kappa shape index (κ3) is 8.16. The number of rotatable bonds is 13. The number of sulfonamides is 1. The summed E-state index contributed by atoms with van der Waals surface area (Å²) in [7, 11) is -3.95. The summed E-state index contributed by atoms with van der Waals surface area (Å²) in [5.74, 6) is -0.364. The van der Waals surface area contributed by atoms with Gasteiger partial charge in [-0.25, -0.2) is 8.42 Å². The number of hydrogen-bond donors (Lipinski definition) is 1. The van der Waals surface area contributed by atoms with Gasteiger partial charge in [-0.3, -0.25) is 13.9 Å². The second-order valence-electron chi connectivity index (χ2n) is 10.5. The van der Waals surface area contributed by atoms with Crippen LogP contribution < -0.4 is 19.1 Å². The van der Waals surface area contributed by atoms with Crippen molar-refractivity contribution in [3.63, 3.8) is 0 Å². The fourth-order valence-corrected chi connectivity index (χ4v) is 6.33. The molecule has 0 saturated carbocycles. The van der Waals surface area contributed by atoms with Crippen molar-refractivity contribution in [3.05, 3.63) is 87.9 Å². The molecule has 9 nitrogen and oxygen atoms in total. The third-order valence-electron chi connectivity index (χ3n) is 7.46. The lowest BCUT2D eigenvalue weighted by Gasteiger charge is -2.34. The Morgan fingerprint density at radius 2 is 1.59 bits per heavy atom. The van der Waals surface area contributed by atoms with Gasteiger partial charge < -0.3 is 19.7 Å². The third-order valence-corrected chi connectivity index (χ3v) is 9.90. The highest BCUT2D eigenvalue weighted by Crippen LogP contribution is 2.35. The summed E-state index contributed by atoms with van der Waals surface area (Å²) in [6, 6.07) is 17.9. The smallest absolute Gasteiger partial charge is 0.244 e. The molecule has 0 aromatic heterocycles. The molecule has 0 aliphatic carbocycles. The van der Waals surface area contributed by atoms with Crippen molar-refractivity contribution in [1.29, 1.82) is 0 Å². The monoisotopic (exact) mass is 661 g/mol. The van der Waals surface area contributed by atoms with E-state index in [-0.39, 0.29) is 36.4 Å². The Balaban J connectivity index is 1.79. The van der Waals surface area contributed by atoms with E-state index in [0.29, 0.717) is 46.7 Å². The van der Waals surface area contributed by atoms with Gasteiger partial charge in [-0.2, -0.15) is 0 Å². The molecule has 1 aliphatic heterocycles. The number of fused-ring (bicyclic) bond motifs is 1. The maximum Gasteiger partial charge on any atom is 0.244 e. The van der Waals surface area contributed by atoms with Gasteiger partial charge in [0.2, 0.25) is 21.8 Å². The van der Waals surface area contributed by atoms with E-state index in [1.807, 2.05) is 44.2 Å². The van der Waals surface area contributed by atoms with Crippen molar-refractivity contribution in [3.8, 4) is 11.5 Å². The summed E-state index contributed by atoms with van der Waals surface area (Å²) in [6.07, 6.45) is 0.863. The molecule has 0 fully saturated rings. The maximum absolute atomic E-state index is 14.4. The second-order valence-corrected chi connectivity index (χ2v) is 13.5. The second kappa shape index (κ2) is 15.0. The molecule has 0 unspecified atom stereocenters. The predicted molar refractivity (Wildman–Crippen MR) is 173 cm³/mol. The van der Waals surface area contributed by atoms with Crippen molar-refractivity contribution in [2.75, 3.05) is 29.8 Å². The average molecular weight is 663 g/mol. The fraction of sp³-hybridized carbons (Fsp3) is 0.375. The lowest BCUT2D eigenvalue weighted by molar-refractivity contribution is -0.140.